The van der Waals surface area contributed by atoms with Crippen LogP contribution in [0, 0.1) is 5.92 Å². The van der Waals surface area contributed by atoms with Crippen molar-refractivity contribution in [1.29, 1.82) is 0 Å². The van der Waals surface area contributed by atoms with Crippen LogP contribution < -0.4 is 5.32 Å². The number of aromatic nitrogens is 1. The molecule has 7 heteroatoms. The molecule has 3 nitrogen and oxygen atoms in total. The molecule has 1 N–H and O–H groups in total. The zero-order chi connectivity index (χ0) is 14.9. The quantitative estimate of drug-likeness (QED) is 0.923. The van der Waals surface area contributed by atoms with E-state index in [1.54, 1.807) is 0 Å². The summed E-state index contributed by atoms with van der Waals surface area (Å²) < 4.78 is 44.0. The van der Waals surface area contributed by atoms with E-state index in [0.717, 1.165) is 49.4 Å². The highest BCUT2D eigenvalue weighted by Crippen LogP contribution is 2.34. The number of alkyl halides is 3. The number of hydrogen-bond donors (Lipinski definition) is 1. The van der Waals surface area contributed by atoms with Gasteiger partial charge in [0.2, 0.25) is 0 Å². The van der Waals surface area contributed by atoms with E-state index >= 15 is 0 Å². The second kappa shape index (κ2) is 5.81. The molecule has 114 valence electrons. The number of anilines is 1. The number of ether oxygens (including phenoxy) is 1. The monoisotopic (exact) mass is 316 g/mol. The van der Waals surface area contributed by atoms with E-state index in [0.29, 0.717) is 16.6 Å². The Morgan fingerprint density at radius 3 is 2.76 bits per heavy atom. The van der Waals surface area contributed by atoms with Gasteiger partial charge in [-0.2, -0.15) is 13.2 Å². The lowest BCUT2D eigenvalue weighted by Gasteiger charge is -2.21. The molecule has 1 aromatic carbocycles. The Hall–Kier alpha value is -1.34. The van der Waals surface area contributed by atoms with E-state index < -0.39 is 11.7 Å². The van der Waals surface area contributed by atoms with Crippen molar-refractivity contribution in [2.24, 2.45) is 5.92 Å². The summed E-state index contributed by atoms with van der Waals surface area (Å²) in [6.45, 7) is 2.34. The third-order valence-corrected chi connectivity index (χ3v) is 4.59. The van der Waals surface area contributed by atoms with Crippen molar-refractivity contribution in [1.82, 2.24) is 4.98 Å². The van der Waals surface area contributed by atoms with E-state index in [9.17, 15) is 13.2 Å². The fraction of sp³-hybridized carbons (Fsp3) is 0.500. The second-order valence-electron chi connectivity index (χ2n) is 5.14. The zero-order valence-corrected chi connectivity index (χ0v) is 12.1. The smallest absolute Gasteiger partial charge is 0.381 e. The van der Waals surface area contributed by atoms with Crippen LogP contribution in [0.5, 0.6) is 0 Å². The maximum Gasteiger partial charge on any atom is 0.416 e. The Morgan fingerprint density at radius 1 is 1.29 bits per heavy atom. The van der Waals surface area contributed by atoms with Crippen LogP contribution in [-0.4, -0.2) is 24.7 Å². The fourth-order valence-electron chi connectivity index (χ4n) is 2.36. The minimum absolute atomic E-state index is 0.393. The Bertz CT molecular complexity index is 620. The molecular weight excluding hydrogens is 301 g/mol. The molecule has 0 aliphatic carbocycles. The van der Waals surface area contributed by atoms with E-state index in [1.165, 1.54) is 17.4 Å². The van der Waals surface area contributed by atoms with Gasteiger partial charge in [-0.15, -0.1) is 0 Å². The molecule has 1 saturated heterocycles. The summed E-state index contributed by atoms with van der Waals surface area (Å²) in [5.41, 5.74) is -0.263. The highest BCUT2D eigenvalue weighted by Gasteiger charge is 2.30. The summed E-state index contributed by atoms with van der Waals surface area (Å²) in [4.78, 5) is 4.25. The molecule has 2 aromatic rings. The van der Waals surface area contributed by atoms with Crippen LogP contribution in [0.4, 0.5) is 18.3 Å². The zero-order valence-electron chi connectivity index (χ0n) is 11.2. The Labute approximate surface area is 124 Å². The third kappa shape index (κ3) is 3.47. The summed E-state index contributed by atoms with van der Waals surface area (Å²) in [6.07, 6.45) is -2.31. The summed E-state index contributed by atoms with van der Waals surface area (Å²) in [5, 5.41) is 3.91. The predicted molar refractivity (Wildman–Crippen MR) is 76.7 cm³/mol. The molecule has 0 bridgehead atoms. The van der Waals surface area contributed by atoms with Crippen LogP contribution in [0.1, 0.15) is 18.4 Å². The fourth-order valence-corrected chi connectivity index (χ4v) is 3.21. The van der Waals surface area contributed by atoms with Gasteiger partial charge < -0.3 is 10.1 Å². The number of hydrogen-bond acceptors (Lipinski definition) is 4. The van der Waals surface area contributed by atoms with Gasteiger partial charge in [-0.05, 0) is 37.0 Å². The van der Waals surface area contributed by atoms with Crippen LogP contribution in [0.3, 0.4) is 0 Å². The first-order valence-corrected chi connectivity index (χ1v) is 7.63. The van der Waals surface area contributed by atoms with E-state index in [4.69, 9.17) is 4.74 Å². The maximum atomic E-state index is 12.7. The molecule has 1 fully saturated rings. The van der Waals surface area contributed by atoms with Gasteiger partial charge in [0.1, 0.15) is 0 Å². The van der Waals surface area contributed by atoms with E-state index in [-0.39, 0.29) is 0 Å². The molecule has 0 amide bonds. The Balaban J connectivity index is 1.71. The summed E-state index contributed by atoms with van der Waals surface area (Å²) in [7, 11) is 0. The number of rotatable bonds is 3. The van der Waals surface area contributed by atoms with Crippen molar-refractivity contribution >= 4 is 26.7 Å². The Kier molecular flexibility index (Phi) is 4.03. The molecule has 1 aliphatic heterocycles. The van der Waals surface area contributed by atoms with Gasteiger partial charge in [0, 0.05) is 19.8 Å². The lowest BCUT2D eigenvalue weighted by Crippen LogP contribution is -2.22. The molecule has 0 unspecified atom stereocenters. The second-order valence-corrected chi connectivity index (χ2v) is 6.17. The van der Waals surface area contributed by atoms with Crippen molar-refractivity contribution in [3.05, 3.63) is 23.8 Å². The third-order valence-electron chi connectivity index (χ3n) is 3.60. The SMILES string of the molecule is FC(F)(F)c1ccc2sc(NCC3CCOCC3)nc2c1. The number of nitrogens with one attached hydrogen (secondary N) is 1. The van der Waals surface area contributed by atoms with Gasteiger partial charge in [-0.25, -0.2) is 4.98 Å². The number of halogens is 3. The molecular formula is C14H15F3N2OS. The first-order valence-electron chi connectivity index (χ1n) is 6.82. The Morgan fingerprint density at radius 2 is 2.05 bits per heavy atom. The van der Waals surface area contributed by atoms with Crippen molar-refractivity contribution < 1.29 is 17.9 Å². The lowest BCUT2D eigenvalue weighted by atomic mass is 10.0. The predicted octanol–water partition coefficient (Wildman–Crippen LogP) is 4.15. The van der Waals surface area contributed by atoms with Gasteiger partial charge in [0.05, 0.1) is 15.8 Å². The van der Waals surface area contributed by atoms with Crippen LogP contribution in [0.2, 0.25) is 0 Å². The summed E-state index contributed by atoms with van der Waals surface area (Å²) in [5.74, 6) is 0.538. The summed E-state index contributed by atoms with van der Waals surface area (Å²) in [6, 6.07) is 3.68. The maximum absolute atomic E-state index is 12.7. The largest absolute Gasteiger partial charge is 0.416 e. The standard InChI is InChI=1S/C14H15F3N2OS/c15-14(16,17)10-1-2-12-11(7-10)19-13(21-12)18-8-9-3-5-20-6-4-9/h1-2,7,9H,3-6,8H2,(H,18,19). The average Bonchev–Trinajstić information content (AvgIpc) is 2.87. The van der Waals surface area contributed by atoms with Crippen LogP contribution in [0.15, 0.2) is 18.2 Å². The molecule has 0 saturated carbocycles. The van der Waals surface area contributed by atoms with E-state index in [2.05, 4.69) is 10.3 Å². The molecule has 21 heavy (non-hydrogen) atoms. The van der Waals surface area contributed by atoms with Gasteiger partial charge >= 0.3 is 6.18 Å². The number of nitrogens with zero attached hydrogens (tertiary/aromatic N) is 1. The first kappa shape index (κ1) is 14.6. The van der Waals surface area contributed by atoms with Crippen molar-refractivity contribution in [3.63, 3.8) is 0 Å². The highest BCUT2D eigenvalue weighted by atomic mass is 32.1. The molecule has 1 aromatic heterocycles. The number of benzene rings is 1. The van der Waals surface area contributed by atoms with Crippen molar-refractivity contribution in [2.45, 2.75) is 19.0 Å². The van der Waals surface area contributed by atoms with Crippen LogP contribution in [0.25, 0.3) is 10.2 Å². The van der Waals surface area contributed by atoms with Crippen LogP contribution >= 0.6 is 11.3 Å². The molecule has 3 rings (SSSR count). The van der Waals surface area contributed by atoms with Gasteiger partial charge in [-0.3, -0.25) is 0 Å². The minimum Gasteiger partial charge on any atom is -0.381 e. The first-order chi connectivity index (χ1) is 10.0. The van der Waals surface area contributed by atoms with Crippen molar-refractivity contribution in [3.8, 4) is 0 Å². The van der Waals surface area contributed by atoms with E-state index in [1.807, 2.05) is 0 Å². The average molecular weight is 316 g/mol. The normalized spacial score (nSPS) is 17.3. The number of fused-ring (bicyclic) bond motifs is 1. The molecule has 0 atom stereocenters. The highest BCUT2D eigenvalue weighted by molar-refractivity contribution is 7.22. The summed E-state index contributed by atoms with van der Waals surface area (Å²) >= 11 is 1.38. The molecule has 0 spiro atoms. The van der Waals surface area contributed by atoms with Crippen molar-refractivity contribution in [2.75, 3.05) is 25.1 Å². The topological polar surface area (TPSA) is 34.1 Å². The lowest BCUT2D eigenvalue weighted by molar-refractivity contribution is -0.137. The minimum atomic E-state index is -4.33. The van der Waals surface area contributed by atoms with Crippen LogP contribution in [-0.2, 0) is 10.9 Å². The van der Waals surface area contributed by atoms with Gasteiger partial charge in [-0.1, -0.05) is 11.3 Å². The molecule has 1 aliphatic rings. The molecule has 0 radical (unpaired) electrons. The van der Waals surface area contributed by atoms with Gasteiger partial charge in [0.15, 0.2) is 5.13 Å². The van der Waals surface area contributed by atoms with Gasteiger partial charge in [0.25, 0.3) is 0 Å². The number of thiazole rings is 1. The molecule has 2 heterocycles.